The average molecular weight is 349 g/mol. The Morgan fingerprint density at radius 2 is 1.84 bits per heavy atom. The lowest BCUT2D eigenvalue weighted by molar-refractivity contribution is -0.247. The van der Waals surface area contributed by atoms with E-state index in [2.05, 4.69) is 5.32 Å². The van der Waals surface area contributed by atoms with E-state index >= 15 is 0 Å². The zero-order valence-corrected chi connectivity index (χ0v) is 13.1. The number of allylic oxidation sites excluding steroid dienone is 2. The SMILES string of the molecule is O=C(O)c1ccc(NC2C(C3=CCC=CO3)OC(O)C(O)C2O)cc1. The van der Waals surface area contributed by atoms with E-state index in [1.807, 2.05) is 0 Å². The summed E-state index contributed by atoms with van der Waals surface area (Å²) >= 11 is 0. The van der Waals surface area contributed by atoms with Crippen molar-refractivity contribution in [3.63, 3.8) is 0 Å². The maximum absolute atomic E-state index is 10.9. The fourth-order valence-corrected chi connectivity index (χ4v) is 2.78. The highest BCUT2D eigenvalue weighted by Crippen LogP contribution is 2.29. The van der Waals surface area contributed by atoms with Crippen molar-refractivity contribution in [2.45, 2.75) is 37.1 Å². The van der Waals surface area contributed by atoms with Gasteiger partial charge in [-0.3, -0.25) is 0 Å². The molecule has 2 heterocycles. The Morgan fingerprint density at radius 1 is 1.12 bits per heavy atom. The molecule has 2 aliphatic rings. The Balaban J connectivity index is 1.83. The first-order chi connectivity index (χ1) is 12.0. The molecule has 1 aromatic carbocycles. The lowest BCUT2D eigenvalue weighted by Crippen LogP contribution is -2.60. The topological polar surface area (TPSA) is 128 Å². The first-order valence-electron chi connectivity index (χ1n) is 7.78. The van der Waals surface area contributed by atoms with Gasteiger partial charge in [0.2, 0.25) is 0 Å². The van der Waals surface area contributed by atoms with Crippen LogP contribution in [0.4, 0.5) is 5.69 Å². The number of carboxylic acids is 1. The minimum Gasteiger partial charge on any atom is -0.478 e. The molecule has 25 heavy (non-hydrogen) atoms. The number of nitrogens with one attached hydrogen (secondary N) is 1. The van der Waals surface area contributed by atoms with Crippen LogP contribution in [0.3, 0.4) is 0 Å². The summed E-state index contributed by atoms with van der Waals surface area (Å²) in [6.07, 6.45) is 0.437. The van der Waals surface area contributed by atoms with Gasteiger partial charge in [-0.1, -0.05) is 0 Å². The molecule has 5 unspecified atom stereocenters. The van der Waals surface area contributed by atoms with Crippen LogP contribution in [0.15, 0.2) is 48.4 Å². The summed E-state index contributed by atoms with van der Waals surface area (Å²) < 4.78 is 10.8. The van der Waals surface area contributed by atoms with Crippen molar-refractivity contribution < 1.29 is 34.7 Å². The fraction of sp³-hybridized carbons (Fsp3) is 0.353. The van der Waals surface area contributed by atoms with E-state index in [1.54, 1.807) is 24.3 Å². The van der Waals surface area contributed by atoms with Crippen LogP contribution in [0.25, 0.3) is 0 Å². The zero-order valence-electron chi connectivity index (χ0n) is 13.1. The number of hydrogen-bond donors (Lipinski definition) is 5. The number of anilines is 1. The van der Waals surface area contributed by atoms with Crippen LogP contribution in [0.5, 0.6) is 0 Å². The molecule has 0 saturated carbocycles. The van der Waals surface area contributed by atoms with Crippen molar-refractivity contribution in [3.8, 4) is 0 Å². The Labute approximate surface area is 143 Å². The molecule has 0 bridgehead atoms. The number of carboxylic acid groups (broad SMARTS) is 1. The van der Waals surface area contributed by atoms with Crippen molar-refractivity contribution in [2.24, 2.45) is 0 Å². The zero-order chi connectivity index (χ0) is 18.0. The summed E-state index contributed by atoms with van der Waals surface area (Å²) in [5.41, 5.74) is 0.652. The highest BCUT2D eigenvalue weighted by molar-refractivity contribution is 5.88. The van der Waals surface area contributed by atoms with Crippen LogP contribution in [-0.4, -0.2) is 57.0 Å². The second-order valence-electron chi connectivity index (χ2n) is 5.81. The number of rotatable bonds is 4. The molecule has 3 rings (SSSR count). The largest absolute Gasteiger partial charge is 0.478 e. The lowest BCUT2D eigenvalue weighted by Gasteiger charge is -2.42. The normalized spacial score (nSPS) is 31.8. The second-order valence-corrected chi connectivity index (χ2v) is 5.81. The summed E-state index contributed by atoms with van der Waals surface area (Å²) in [7, 11) is 0. The smallest absolute Gasteiger partial charge is 0.335 e. The van der Waals surface area contributed by atoms with Gasteiger partial charge >= 0.3 is 5.97 Å². The maximum atomic E-state index is 10.9. The predicted octanol–water partition coefficient (Wildman–Crippen LogP) is 0.422. The van der Waals surface area contributed by atoms with E-state index in [9.17, 15) is 20.1 Å². The molecule has 5 N–H and O–H groups in total. The lowest BCUT2D eigenvalue weighted by atomic mass is 9.93. The van der Waals surface area contributed by atoms with Gasteiger partial charge in [-0.2, -0.15) is 0 Å². The molecular weight excluding hydrogens is 330 g/mol. The van der Waals surface area contributed by atoms with E-state index in [4.69, 9.17) is 14.6 Å². The molecule has 8 nitrogen and oxygen atoms in total. The van der Waals surface area contributed by atoms with Gasteiger partial charge in [0, 0.05) is 5.69 Å². The third kappa shape index (κ3) is 3.67. The summed E-state index contributed by atoms with van der Waals surface area (Å²) in [5.74, 6) is -0.635. The molecule has 134 valence electrons. The quantitative estimate of drug-likeness (QED) is 0.529. The van der Waals surface area contributed by atoms with Crippen LogP contribution in [0, 0.1) is 0 Å². The first kappa shape index (κ1) is 17.4. The van der Waals surface area contributed by atoms with Gasteiger partial charge in [-0.05, 0) is 42.8 Å². The molecule has 8 heteroatoms. The Kier molecular flexibility index (Phi) is 5.05. The molecule has 0 aliphatic carbocycles. The van der Waals surface area contributed by atoms with Crippen LogP contribution >= 0.6 is 0 Å². The Bertz CT molecular complexity index is 685. The molecule has 0 spiro atoms. The molecule has 1 aromatic rings. The highest BCUT2D eigenvalue weighted by atomic mass is 16.6. The number of hydrogen-bond acceptors (Lipinski definition) is 7. The summed E-state index contributed by atoms with van der Waals surface area (Å²) in [4.78, 5) is 10.9. The van der Waals surface area contributed by atoms with E-state index < -0.39 is 36.6 Å². The highest BCUT2D eigenvalue weighted by Gasteiger charge is 2.46. The maximum Gasteiger partial charge on any atom is 0.335 e. The molecule has 2 aliphatic heterocycles. The number of benzene rings is 1. The number of aliphatic hydroxyl groups excluding tert-OH is 3. The summed E-state index contributed by atoms with van der Waals surface area (Å²) in [5, 5.41) is 42.0. The third-order valence-electron chi connectivity index (χ3n) is 4.12. The van der Waals surface area contributed by atoms with Crippen molar-refractivity contribution in [3.05, 3.63) is 54.0 Å². The molecular formula is C17H19NO7. The van der Waals surface area contributed by atoms with E-state index in [0.29, 0.717) is 17.9 Å². The third-order valence-corrected chi connectivity index (χ3v) is 4.12. The molecule has 0 amide bonds. The minimum atomic E-state index is -1.55. The van der Waals surface area contributed by atoms with Gasteiger partial charge in [0.15, 0.2) is 6.29 Å². The first-order valence-corrected chi connectivity index (χ1v) is 7.78. The van der Waals surface area contributed by atoms with Crippen molar-refractivity contribution in [1.82, 2.24) is 0 Å². The van der Waals surface area contributed by atoms with Gasteiger partial charge in [-0.25, -0.2) is 4.79 Å². The summed E-state index contributed by atoms with van der Waals surface area (Å²) in [6, 6.07) is 5.11. The van der Waals surface area contributed by atoms with Gasteiger partial charge < -0.3 is 35.2 Å². The van der Waals surface area contributed by atoms with Crippen molar-refractivity contribution >= 4 is 11.7 Å². The Morgan fingerprint density at radius 3 is 2.44 bits per heavy atom. The molecule has 5 atom stereocenters. The molecule has 0 aromatic heterocycles. The molecule has 1 fully saturated rings. The summed E-state index contributed by atoms with van der Waals surface area (Å²) in [6.45, 7) is 0. The van der Waals surface area contributed by atoms with Crippen LogP contribution < -0.4 is 5.32 Å². The second kappa shape index (κ2) is 7.24. The molecule has 0 radical (unpaired) electrons. The van der Waals surface area contributed by atoms with Crippen molar-refractivity contribution in [1.29, 1.82) is 0 Å². The van der Waals surface area contributed by atoms with Gasteiger partial charge in [0.25, 0.3) is 0 Å². The van der Waals surface area contributed by atoms with E-state index in [-0.39, 0.29) is 5.56 Å². The van der Waals surface area contributed by atoms with Crippen LogP contribution in [-0.2, 0) is 9.47 Å². The monoisotopic (exact) mass is 349 g/mol. The molecule has 1 saturated heterocycles. The van der Waals surface area contributed by atoms with Gasteiger partial charge in [0.05, 0.1) is 17.9 Å². The average Bonchev–Trinajstić information content (AvgIpc) is 2.63. The van der Waals surface area contributed by atoms with E-state index in [1.165, 1.54) is 18.4 Å². The van der Waals surface area contributed by atoms with Gasteiger partial charge in [-0.15, -0.1) is 0 Å². The Hall–Kier alpha value is -2.39. The number of ether oxygens (including phenoxy) is 2. The van der Waals surface area contributed by atoms with E-state index in [0.717, 1.165) is 0 Å². The van der Waals surface area contributed by atoms with Gasteiger partial charge in [0.1, 0.15) is 24.1 Å². The number of carbonyl (C=O) groups is 1. The van der Waals surface area contributed by atoms with Crippen LogP contribution in [0.1, 0.15) is 16.8 Å². The predicted molar refractivity (Wildman–Crippen MR) is 86.6 cm³/mol. The fourth-order valence-electron chi connectivity index (χ4n) is 2.78. The standard InChI is InChI=1S/C17H19NO7/c19-13-12(18-10-6-4-9(5-7-10)16(21)22)15(25-17(23)14(13)20)11-3-1-2-8-24-11/h2-8,12-15,17-20,23H,1H2,(H,21,22). The van der Waals surface area contributed by atoms with Crippen molar-refractivity contribution in [2.75, 3.05) is 5.32 Å². The minimum absolute atomic E-state index is 0.126. The van der Waals surface area contributed by atoms with Crippen LogP contribution in [0.2, 0.25) is 0 Å². The number of aromatic carboxylic acids is 1. The number of aliphatic hydroxyl groups is 3.